The number of hydrogen-bond donors (Lipinski definition) is 1. The van der Waals surface area contributed by atoms with Crippen LogP contribution in [0.1, 0.15) is 19.8 Å². The standard InChI is InChI=1S/C12H26N2OS/c1-11(16-3)10-13-12-4-6-14(7-5-12)8-9-15-2/h11-13H,4-10H2,1-3H3. The summed E-state index contributed by atoms with van der Waals surface area (Å²) >= 11 is 1.94. The summed E-state index contributed by atoms with van der Waals surface area (Å²) in [4.78, 5) is 2.50. The summed E-state index contributed by atoms with van der Waals surface area (Å²) in [5.41, 5.74) is 0. The quantitative estimate of drug-likeness (QED) is 0.735. The molecule has 1 heterocycles. The first kappa shape index (κ1) is 14.3. The molecule has 0 bridgehead atoms. The van der Waals surface area contributed by atoms with E-state index in [1.807, 2.05) is 11.8 Å². The third kappa shape index (κ3) is 5.53. The Labute approximate surface area is 104 Å². The molecule has 4 heteroatoms. The average Bonchev–Trinajstić information content (AvgIpc) is 2.34. The molecule has 1 N–H and O–H groups in total. The van der Waals surface area contributed by atoms with Gasteiger partial charge in [0, 0.05) is 31.5 Å². The Morgan fingerprint density at radius 1 is 1.44 bits per heavy atom. The molecule has 3 nitrogen and oxygen atoms in total. The van der Waals surface area contributed by atoms with Gasteiger partial charge in [0.05, 0.1) is 6.61 Å². The first-order valence-electron chi connectivity index (χ1n) is 6.23. The molecule has 0 aromatic rings. The molecule has 1 atom stereocenters. The molecule has 0 aliphatic carbocycles. The van der Waals surface area contributed by atoms with Gasteiger partial charge >= 0.3 is 0 Å². The van der Waals surface area contributed by atoms with Crippen molar-refractivity contribution in [2.24, 2.45) is 0 Å². The second-order valence-electron chi connectivity index (χ2n) is 4.56. The van der Waals surface area contributed by atoms with Crippen molar-refractivity contribution in [1.82, 2.24) is 10.2 Å². The number of hydrogen-bond acceptors (Lipinski definition) is 4. The summed E-state index contributed by atoms with van der Waals surface area (Å²) in [5, 5.41) is 4.40. The van der Waals surface area contributed by atoms with Gasteiger partial charge in [-0.15, -0.1) is 0 Å². The Morgan fingerprint density at radius 2 is 2.12 bits per heavy atom. The molecule has 0 aromatic heterocycles. The number of nitrogens with one attached hydrogen (secondary N) is 1. The molecule has 1 fully saturated rings. The molecule has 0 amide bonds. The maximum absolute atomic E-state index is 5.10. The molecule has 0 aromatic carbocycles. The number of likely N-dealkylation sites (tertiary alicyclic amines) is 1. The highest BCUT2D eigenvalue weighted by Crippen LogP contribution is 2.11. The van der Waals surface area contributed by atoms with Crippen LogP contribution in [0.15, 0.2) is 0 Å². The van der Waals surface area contributed by atoms with E-state index in [9.17, 15) is 0 Å². The van der Waals surface area contributed by atoms with Gasteiger partial charge in [-0.2, -0.15) is 11.8 Å². The van der Waals surface area contributed by atoms with Crippen molar-refractivity contribution in [1.29, 1.82) is 0 Å². The van der Waals surface area contributed by atoms with Gasteiger partial charge in [0.15, 0.2) is 0 Å². The Morgan fingerprint density at radius 3 is 2.69 bits per heavy atom. The summed E-state index contributed by atoms with van der Waals surface area (Å²) in [6, 6.07) is 0.730. The minimum atomic E-state index is 0.728. The highest BCUT2D eigenvalue weighted by atomic mass is 32.2. The molecule has 1 aliphatic rings. The average molecular weight is 246 g/mol. The lowest BCUT2D eigenvalue weighted by Crippen LogP contribution is -2.44. The predicted molar refractivity (Wildman–Crippen MR) is 72.3 cm³/mol. The second kappa shape index (κ2) is 8.34. The molecular formula is C12H26N2OS. The third-order valence-corrected chi connectivity index (χ3v) is 4.27. The van der Waals surface area contributed by atoms with Crippen molar-refractivity contribution in [2.75, 3.05) is 46.2 Å². The lowest BCUT2D eigenvalue weighted by Gasteiger charge is -2.32. The number of piperidine rings is 1. The van der Waals surface area contributed by atoms with Crippen molar-refractivity contribution >= 4 is 11.8 Å². The zero-order valence-corrected chi connectivity index (χ0v) is 11.7. The summed E-state index contributed by atoms with van der Waals surface area (Å²) in [6.07, 6.45) is 4.75. The summed E-state index contributed by atoms with van der Waals surface area (Å²) < 4.78 is 5.10. The Hall–Kier alpha value is 0.230. The molecule has 16 heavy (non-hydrogen) atoms. The van der Waals surface area contributed by atoms with Crippen LogP contribution in [0.5, 0.6) is 0 Å². The lowest BCUT2D eigenvalue weighted by atomic mass is 10.1. The molecule has 1 aliphatic heterocycles. The number of methoxy groups -OCH3 is 1. The van der Waals surface area contributed by atoms with Crippen LogP contribution in [-0.4, -0.2) is 62.3 Å². The van der Waals surface area contributed by atoms with Crippen molar-refractivity contribution in [3.63, 3.8) is 0 Å². The summed E-state index contributed by atoms with van der Waals surface area (Å²) in [7, 11) is 1.78. The topological polar surface area (TPSA) is 24.5 Å². The van der Waals surface area contributed by atoms with Crippen molar-refractivity contribution in [3.8, 4) is 0 Å². The predicted octanol–water partition coefficient (Wildman–Crippen LogP) is 1.44. The van der Waals surface area contributed by atoms with Crippen LogP contribution in [0.3, 0.4) is 0 Å². The van der Waals surface area contributed by atoms with E-state index in [1.54, 1.807) is 7.11 Å². The van der Waals surface area contributed by atoms with Gasteiger partial charge in [-0.1, -0.05) is 6.92 Å². The van der Waals surface area contributed by atoms with E-state index in [-0.39, 0.29) is 0 Å². The van der Waals surface area contributed by atoms with Gasteiger partial charge in [-0.05, 0) is 32.2 Å². The molecular weight excluding hydrogens is 220 g/mol. The highest BCUT2D eigenvalue weighted by molar-refractivity contribution is 7.99. The van der Waals surface area contributed by atoms with Crippen LogP contribution in [0.2, 0.25) is 0 Å². The number of thioether (sulfide) groups is 1. The van der Waals surface area contributed by atoms with Gasteiger partial charge in [0.2, 0.25) is 0 Å². The lowest BCUT2D eigenvalue weighted by molar-refractivity contribution is 0.126. The smallest absolute Gasteiger partial charge is 0.0589 e. The van der Waals surface area contributed by atoms with E-state index >= 15 is 0 Å². The Balaban J connectivity index is 2.07. The molecule has 0 spiro atoms. The molecule has 96 valence electrons. The first-order chi connectivity index (χ1) is 7.76. The van der Waals surface area contributed by atoms with Crippen LogP contribution in [0.4, 0.5) is 0 Å². The fourth-order valence-electron chi connectivity index (χ4n) is 2.00. The normalized spacial score (nSPS) is 21.2. The van der Waals surface area contributed by atoms with Crippen LogP contribution >= 0.6 is 11.8 Å². The fourth-order valence-corrected chi connectivity index (χ4v) is 2.26. The van der Waals surface area contributed by atoms with E-state index in [0.29, 0.717) is 0 Å². The number of rotatable bonds is 7. The zero-order valence-electron chi connectivity index (χ0n) is 10.9. The maximum Gasteiger partial charge on any atom is 0.0589 e. The van der Waals surface area contributed by atoms with Gasteiger partial charge in [0.25, 0.3) is 0 Å². The summed E-state index contributed by atoms with van der Waals surface area (Å²) in [6.45, 7) is 7.81. The molecule has 0 radical (unpaired) electrons. The van der Waals surface area contributed by atoms with Crippen molar-refractivity contribution in [3.05, 3.63) is 0 Å². The Kier molecular flexibility index (Phi) is 7.45. The zero-order chi connectivity index (χ0) is 11.8. The third-order valence-electron chi connectivity index (χ3n) is 3.30. The van der Waals surface area contributed by atoms with E-state index in [2.05, 4.69) is 23.4 Å². The molecule has 1 unspecified atom stereocenters. The number of nitrogens with zero attached hydrogens (tertiary/aromatic N) is 1. The highest BCUT2D eigenvalue weighted by Gasteiger charge is 2.18. The molecule has 1 rings (SSSR count). The Bertz CT molecular complexity index is 172. The second-order valence-corrected chi connectivity index (χ2v) is 5.84. The minimum absolute atomic E-state index is 0.728. The van der Waals surface area contributed by atoms with E-state index in [4.69, 9.17) is 4.74 Å². The van der Waals surface area contributed by atoms with Crippen molar-refractivity contribution in [2.45, 2.75) is 31.1 Å². The van der Waals surface area contributed by atoms with Crippen LogP contribution in [-0.2, 0) is 4.74 Å². The van der Waals surface area contributed by atoms with Gasteiger partial charge in [-0.3, -0.25) is 0 Å². The largest absolute Gasteiger partial charge is 0.383 e. The van der Waals surface area contributed by atoms with Crippen LogP contribution < -0.4 is 5.32 Å². The number of ether oxygens (including phenoxy) is 1. The van der Waals surface area contributed by atoms with Gasteiger partial charge < -0.3 is 15.0 Å². The fraction of sp³-hybridized carbons (Fsp3) is 1.00. The van der Waals surface area contributed by atoms with Crippen molar-refractivity contribution < 1.29 is 4.74 Å². The minimum Gasteiger partial charge on any atom is -0.383 e. The molecule has 1 saturated heterocycles. The maximum atomic E-state index is 5.10. The SMILES string of the molecule is COCCN1CCC(NCC(C)SC)CC1. The van der Waals surface area contributed by atoms with E-state index in [1.165, 1.54) is 25.9 Å². The van der Waals surface area contributed by atoms with Gasteiger partial charge in [-0.25, -0.2) is 0 Å². The van der Waals surface area contributed by atoms with E-state index < -0.39 is 0 Å². The summed E-state index contributed by atoms with van der Waals surface area (Å²) in [5.74, 6) is 0. The van der Waals surface area contributed by atoms with Crippen LogP contribution in [0.25, 0.3) is 0 Å². The first-order valence-corrected chi connectivity index (χ1v) is 7.52. The van der Waals surface area contributed by atoms with Crippen LogP contribution in [0, 0.1) is 0 Å². The monoisotopic (exact) mass is 246 g/mol. The van der Waals surface area contributed by atoms with Gasteiger partial charge in [0.1, 0.15) is 0 Å². The molecule has 0 saturated carbocycles. The van der Waals surface area contributed by atoms with E-state index in [0.717, 1.165) is 31.0 Å².